The van der Waals surface area contributed by atoms with Gasteiger partial charge in [0.25, 0.3) is 15.9 Å². The topological polar surface area (TPSA) is 84.5 Å². The number of nitrogens with one attached hydrogen (secondary N) is 2. The molecule has 1 amide bonds. The Morgan fingerprint density at radius 3 is 2.23 bits per heavy atom. The van der Waals surface area contributed by atoms with E-state index in [0.717, 1.165) is 16.7 Å². The van der Waals surface area contributed by atoms with Crippen LogP contribution in [0.2, 0.25) is 0 Å². The lowest BCUT2D eigenvalue weighted by molar-refractivity contribution is -0.118. The fraction of sp³-hybridized carbons (Fsp3) is 0.174. The van der Waals surface area contributed by atoms with Gasteiger partial charge in [-0.3, -0.25) is 9.52 Å². The second kappa shape index (κ2) is 9.00. The summed E-state index contributed by atoms with van der Waals surface area (Å²) in [5, 5.41) is 2.74. The summed E-state index contributed by atoms with van der Waals surface area (Å²) in [6.07, 6.45) is 0. The maximum atomic E-state index is 12.6. The molecular weight excluding hydrogens is 400 g/mol. The van der Waals surface area contributed by atoms with Crippen molar-refractivity contribution in [2.45, 2.75) is 25.7 Å². The van der Waals surface area contributed by atoms with Crippen molar-refractivity contribution in [2.24, 2.45) is 0 Å². The molecule has 0 saturated carbocycles. The van der Waals surface area contributed by atoms with Gasteiger partial charge in [-0.1, -0.05) is 30.3 Å². The van der Waals surface area contributed by atoms with Crippen molar-refractivity contribution in [2.75, 3.05) is 16.6 Å². The summed E-state index contributed by atoms with van der Waals surface area (Å²) in [5.74, 6) is 0.290. The highest BCUT2D eigenvalue weighted by atomic mass is 32.2. The molecule has 0 fully saturated rings. The molecule has 2 N–H and O–H groups in total. The monoisotopic (exact) mass is 424 g/mol. The molecule has 0 atom stereocenters. The van der Waals surface area contributed by atoms with Gasteiger partial charge in [0.1, 0.15) is 5.75 Å². The van der Waals surface area contributed by atoms with Crippen LogP contribution in [0.5, 0.6) is 5.75 Å². The Balaban J connectivity index is 1.68. The first kappa shape index (κ1) is 21.4. The first-order chi connectivity index (χ1) is 14.2. The Labute approximate surface area is 177 Å². The summed E-state index contributed by atoms with van der Waals surface area (Å²) in [6.45, 7) is 5.56. The first-order valence-electron chi connectivity index (χ1n) is 9.42. The minimum Gasteiger partial charge on any atom is -0.484 e. The smallest absolute Gasteiger partial charge is 0.262 e. The number of hydrogen-bond donors (Lipinski definition) is 2. The standard InChI is InChI=1S/C23H24N2O4S/c1-16-11-17(2)13-20(12-16)29-15-23(26)24-19-10-9-18(3)22(14-19)25-30(27,28)21-7-5-4-6-8-21/h4-14,25H,15H2,1-3H3,(H,24,26). The van der Waals surface area contributed by atoms with Crippen molar-refractivity contribution in [3.63, 3.8) is 0 Å². The third kappa shape index (κ3) is 5.61. The average molecular weight is 425 g/mol. The highest BCUT2D eigenvalue weighted by Gasteiger charge is 2.15. The highest BCUT2D eigenvalue weighted by molar-refractivity contribution is 7.92. The minimum absolute atomic E-state index is 0.151. The Morgan fingerprint density at radius 1 is 0.900 bits per heavy atom. The van der Waals surface area contributed by atoms with E-state index in [1.807, 2.05) is 32.0 Å². The summed E-state index contributed by atoms with van der Waals surface area (Å²) < 4.78 is 33.3. The number of ether oxygens (including phenoxy) is 1. The van der Waals surface area contributed by atoms with E-state index in [4.69, 9.17) is 4.74 Å². The van der Waals surface area contributed by atoms with Crippen LogP contribution in [0, 0.1) is 20.8 Å². The van der Waals surface area contributed by atoms with Gasteiger partial charge < -0.3 is 10.1 Å². The molecule has 0 aliphatic carbocycles. The van der Waals surface area contributed by atoms with Gasteiger partial charge in [0.05, 0.1) is 10.6 Å². The molecular formula is C23H24N2O4S. The average Bonchev–Trinajstić information content (AvgIpc) is 2.69. The van der Waals surface area contributed by atoms with Crippen molar-refractivity contribution in [3.8, 4) is 5.75 Å². The molecule has 0 saturated heterocycles. The molecule has 0 bridgehead atoms. The van der Waals surface area contributed by atoms with E-state index in [1.54, 1.807) is 43.3 Å². The van der Waals surface area contributed by atoms with Crippen molar-refractivity contribution in [1.82, 2.24) is 0 Å². The molecule has 0 unspecified atom stereocenters. The zero-order valence-electron chi connectivity index (χ0n) is 17.1. The second-order valence-electron chi connectivity index (χ2n) is 7.11. The van der Waals surface area contributed by atoms with Crippen LogP contribution in [0.3, 0.4) is 0 Å². The number of hydrogen-bond acceptors (Lipinski definition) is 4. The van der Waals surface area contributed by atoms with E-state index < -0.39 is 10.0 Å². The minimum atomic E-state index is -3.72. The molecule has 30 heavy (non-hydrogen) atoms. The van der Waals surface area contributed by atoms with Crippen LogP contribution < -0.4 is 14.8 Å². The lowest BCUT2D eigenvalue weighted by Crippen LogP contribution is -2.20. The van der Waals surface area contributed by atoms with Gasteiger partial charge in [0.2, 0.25) is 0 Å². The van der Waals surface area contributed by atoms with Crippen LogP contribution in [-0.4, -0.2) is 20.9 Å². The van der Waals surface area contributed by atoms with E-state index in [2.05, 4.69) is 10.0 Å². The normalized spacial score (nSPS) is 11.0. The van der Waals surface area contributed by atoms with Crippen LogP contribution >= 0.6 is 0 Å². The van der Waals surface area contributed by atoms with Gasteiger partial charge in [-0.25, -0.2) is 8.42 Å². The molecule has 0 heterocycles. The Kier molecular flexibility index (Phi) is 6.42. The predicted octanol–water partition coefficient (Wildman–Crippen LogP) is 4.43. The van der Waals surface area contributed by atoms with Crippen LogP contribution in [0.1, 0.15) is 16.7 Å². The molecule has 0 spiro atoms. The zero-order chi connectivity index (χ0) is 21.7. The predicted molar refractivity (Wildman–Crippen MR) is 118 cm³/mol. The molecule has 3 rings (SSSR count). The highest BCUT2D eigenvalue weighted by Crippen LogP contribution is 2.24. The molecule has 156 valence electrons. The van der Waals surface area contributed by atoms with Crippen molar-refractivity contribution >= 4 is 27.3 Å². The number of anilines is 2. The number of carbonyl (C=O) groups is 1. The third-order valence-electron chi connectivity index (χ3n) is 4.38. The third-order valence-corrected chi connectivity index (χ3v) is 5.77. The van der Waals surface area contributed by atoms with Crippen LogP contribution in [-0.2, 0) is 14.8 Å². The van der Waals surface area contributed by atoms with Crippen molar-refractivity contribution in [1.29, 1.82) is 0 Å². The summed E-state index contributed by atoms with van der Waals surface area (Å²) >= 11 is 0. The molecule has 0 aliphatic heterocycles. The van der Waals surface area contributed by atoms with Crippen LogP contribution in [0.4, 0.5) is 11.4 Å². The van der Waals surface area contributed by atoms with E-state index >= 15 is 0 Å². The van der Waals surface area contributed by atoms with E-state index in [0.29, 0.717) is 17.1 Å². The fourth-order valence-corrected chi connectivity index (χ4v) is 4.12. The molecule has 7 heteroatoms. The van der Waals surface area contributed by atoms with Gasteiger partial charge in [-0.15, -0.1) is 0 Å². The van der Waals surface area contributed by atoms with Crippen molar-refractivity contribution < 1.29 is 17.9 Å². The lowest BCUT2D eigenvalue weighted by Gasteiger charge is -2.13. The summed E-state index contributed by atoms with van der Waals surface area (Å²) in [5.41, 5.74) is 3.71. The lowest BCUT2D eigenvalue weighted by atomic mass is 10.1. The largest absolute Gasteiger partial charge is 0.484 e. The molecule has 0 aliphatic rings. The molecule has 0 radical (unpaired) electrons. The Hall–Kier alpha value is -3.32. The maximum Gasteiger partial charge on any atom is 0.262 e. The molecule has 3 aromatic carbocycles. The van der Waals surface area contributed by atoms with Crippen LogP contribution in [0.25, 0.3) is 0 Å². The zero-order valence-corrected chi connectivity index (χ0v) is 17.9. The fourth-order valence-electron chi connectivity index (χ4n) is 2.98. The summed E-state index contributed by atoms with van der Waals surface area (Å²) in [4.78, 5) is 12.5. The number of amides is 1. The maximum absolute atomic E-state index is 12.6. The van der Waals surface area contributed by atoms with Crippen LogP contribution in [0.15, 0.2) is 71.6 Å². The summed E-state index contributed by atoms with van der Waals surface area (Å²) in [6, 6.07) is 18.9. The van der Waals surface area contributed by atoms with E-state index in [1.165, 1.54) is 12.1 Å². The second-order valence-corrected chi connectivity index (χ2v) is 8.79. The van der Waals surface area contributed by atoms with Crippen molar-refractivity contribution in [3.05, 3.63) is 83.4 Å². The number of sulfonamides is 1. The van der Waals surface area contributed by atoms with Gasteiger partial charge in [-0.05, 0) is 73.9 Å². The van der Waals surface area contributed by atoms with E-state index in [9.17, 15) is 13.2 Å². The Bertz CT molecular complexity index is 1140. The SMILES string of the molecule is Cc1cc(C)cc(OCC(=O)Nc2ccc(C)c(NS(=O)(=O)c3ccccc3)c2)c1. The Morgan fingerprint density at radius 2 is 1.57 bits per heavy atom. The van der Waals surface area contributed by atoms with Gasteiger partial charge in [-0.2, -0.15) is 0 Å². The molecule has 0 aromatic heterocycles. The summed E-state index contributed by atoms with van der Waals surface area (Å²) in [7, 11) is -3.72. The quantitative estimate of drug-likeness (QED) is 0.588. The van der Waals surface area contributed by atoms with Gasteiger partial charge in [0, 0.05) is 5.69 Å². The number of carbonyl (C=O) groups excluding carboxylic acids is 1. The molecule has 3 aromatic rings. The first-order valence-corrected chi connectivity index (χ1v) is 10.9. The number of benzene rings is 3. The molecule has 6 nitrogen and oxygen atoms in total. The van der Waals surface area contributed by atoms with Gasteiger partial charge >= 0.3 is 0 Å². The van der Waals surface area contributed by atoms with Gasteiger partial charge in [0.15, 0.2) is 6.61 Å². The number of rotatable bonds is 7. The number of aryl methyl sites for hydroxylation is 3. The van der Waals surface area contributed by atoms with E-state index in [-0.39, 0.29) is 17.4 Å².